The normalized spacial score (nSPS) is 11.9. The Morgan fingerprint density at radius 2 is 1.95 bits per heavy atom. The Balaban J connectivity index is 1.93. The Hall–Kier alpha value is -2.16. The van der Waals surface area contributed by atoms with Gasteiger partial charge in [-0.15, -0.1) is 0 Å². The van der Waals surface area contributed by atoms with Crippen LogP contribution >= 0.6 is 0 Å². The van der Waals surface area contributed by atoms with Crippen molar-refractivity contribution < 1.29 is 4.79 Å². The molecule has 1 aromatic carbocycles. The molecule has 2 aromatic rings. The van der Waals surface area contributed by atoms with Crippen LogP contribution in [0, 0.1) is 6.92 Å². The lowest BCUT2D eigenvalue weighted by Gasteiger charge is -2.18. The molecule has 22 heavy (non-hydrogen) atoms. The highest BCUT2D eigenvalue weighted by atomic mass is 16.1. The zero-order valence-electron chi connectivity index (χ0n) is 13.4. The minimum Gasteiger partial charge on any atom is -0.349 e. The number of benzene rings is 1. The molecule has 1 amide bonds. The van der Waals surface area contributed by atoms with E-state index in [-0.39, 0.29) is 11.9 Å². The molecule has 1 unspecified atom stereocenters. The van der Waals surface area contributed by atoms with E-state index in [4.69, 9.17) is 0 Å². The molecule has 0 saturated carbocycles. The minimum absolute atomic E-state index is 0.0901. The van der Waals surface area contributed by atoms with E-state index in [1.165, 1.54) is 5.56 Å². The van der Waals surface area contributed by atoms with Crippen LogP contribution in [0.5, 0.6) is 0 Å². The number of nitrogens with one attached hydrogen (secondary N) is 1. The fraction of sp³-hybridized carbons (Fsp3) is 0.368. The monoisotopic (exact) mass is 296 g/mol. The zero-order chi connectivity index (χ0) is 15.8. The Kier molecular flexibility index (Phi) is 6.13. The molecule has 0 aliphatic heterocycles. The summed E-state index contributed by atoms with van der Waals surface area (Å²) in [7, 11) is 0. The predicted molar refractivity (Wildman–Crippen MR) is 89.5 cm³/mol. The van der Waals surface area contributed by atoms with Gasteiger partial charge < -0.3 is 5.32 Å². The van der Waals surface area contributed by atoms with Crippen molar-refractivity contribution in [1.29, 1.82) is 0 Å². The summed E-state index contributed by atoms with van der Waals surface area (Å²) in [5.74, 6) is 0.0901. The molecule has 1 aromatic heterocycles. The summed E-state index contributed by atoms with van der Waals surface area (Å²) in [6, 6.07) is 14.2. The Labute approximate surface area is 132 Å². The molecule has 1 N–H and O–H groups in total. The number of hydrogen-bond acceptors (Lipinski definition) is 2. The number of aryl methyl sites for hydroxylation is 2. The molecule has 0 aliphatic rings. The van der Waals surface area contributed by atoms with Crippen LogP contribution in [-0.2, 0) is 11.2 Å². The first-order valence-electron chi connectivity index (χ1n) is 7.95. The molecular weight excluding hydrogens is 272 g/mol. The van der Waals surface area contributed by atoms with Crippen molar-refractivity contribution >= 4 is 5.91 Å². The third-order valence-electron chi connectivity index (χ3n) is 3.82. The fourth-order valence-corrected chi connectivity index (χ4v) is 2.57. The molecule has 1 atom stereocenters. The molecular formula is C19H24N2O. The summed E-state index contributed by atoms with van der Waals surface area (Å²) in [6.45, 7) is 4.17. The maximum atomic E-state index is 12.2. The molecule has 0 spiro atoms. The average molecular weight is 296 g/mol. The van der Waals surface area contributed by atoms with Gasteiger partial charge in [-0.25, -0.2) is 0 Å². The quantitative estimate of drug-likeness (QED) is 0.839. The second-order valence-corrected chi connectivity index (χ2v) is 5.59. The van der Waals surface area contributed by atoms with Crippen molar-refractivity contribution in [2.75, 3.05) is 0 Å². The third kappa shape index (κ3) is 4.69. The molecule has 0 aliphatic carbocycles. The molecule has 2 rings (SSSR count). The Bertz CT molecular complexity index is 595. The summed E-state index contributed by atoms with van der Waals surface area (Å²) in [6.07, 6.45) is 4.94. The lowest BCUT2D eigenvalue weighted by atomic mass is 10.0. The number of nitrogens with zero attached hydrogens (tertiary/aromatic N) is 1. The van der Waals surface area contributed by atoms with E-state index in [1.807, 2.05) is 37.3 Å². The van der Waals surface area contributed by atoms with Crippen LogP contribution in [0.3, 0.4) is 0 Å². The standard InChI is InChI=1S/C19H24N2O/c1-3-8-18(16-10-5-4-6-11-16)21-19(22)13-12-17-15(2)9-7-14-20-17/h4-7,9-11,14,18H,3,8,12-13H2,1-2H3,(H,21,22). The molecule has 0 bridgehead atoms. The highest BCUT2D eigenvalue weighted by Crippen LogP contribution is 2.18. The van der Waals surface area contributed by atoms with Crippen LogP contribution in [0.25, 0.3) is 0 Å². The zero-order valence-corrected chi connectivity index (χ0v) is 13.4. The van der Waals surface area contributed by atoms with Gasteiger partial charge in [0.25, 0.3) is 0 Å². The van der Waals surface area contributed by atoms with E-state index in [0.717, 1.165) is 24.1 Å². The lowest BCUT2D eigenvalue weighted by Crippen LogP contribution is -2.28. The summed E-state index contributed by atoms with van der Waals surface area (Å²) < 4.78 is 0. The first kappa shape index (κ1) is 16.2. The summed E-state index contributed by atoms with van der Waals surface area (Å²) in [5, 5.41) is 3.16. The number of pyridine rings is 1. The number of carbonyl (C=O) groups is 1. The number of hydrogen-bond donors (Lipinski definition) is 1. The van der Waals surface area contributed by atoms with E-state index in [9.17, 15) is 4.79 Å². The van der Waals surface area contributed by atoms with Crippen molar-refractivity contribution in [3.8, 4) is 0 Å². The smallest absolute Gasteiger partial charge is 0.220 e. The average Bonchev–Trinajstić information content (AvgIpc) is 2.54. The van der Waals surface area contributed by atoms with Gasteiger partial charge in [-0.2, -0.15) is 0 Å². The van der Waals surface area contributed by atoms with Gasteiger partial charge in [0.15, 0.2) is 0 Å². The van der Waals surface area contributed by atoms with Crippen molar-refractivity contribution in [1.82, 2.24) is 10.3 Å². The summed E-state index contributed by atoms with van der Waals surface area (Å²) >= 11 is 0. The minimum atomic E-state index is 0.0901. The first-order valence-corrected chi connectivity index (χ1v) is 7.95. The molecule has 0 saturated heterocycles. The number of aromatic nitrogens is 1. The van der Waals surface area contributed by atoms with Gasteiger partial charge in [0.2, 0.25) is 5.91 Å². The maximum absolute atomic E-state index is 12.2. The van der Waals surface area contributed by atoms with Gasteiger partial charge in [0, 0.05) is 18.3 Å². The number of amides is 1. The van der Waals surface area contributed by atoms with Gasteiger partial charge in [-0.1, -0.05) is 49.7 Å². The Morgan fingerprint density at radius 3 is 2.64 bits per heavy atom. The summed E-state index contributed by atoms with van der Waals surface area (Å²) in [4.78, 5) is 16.6. The van der Waals surface area contributed by atoms with Gasteiger partial charge in [0.05, 0.1) is 6.04 Å². The lowest BCUT2D eigenvalue weighted by molar-refractivity contribution is -0.121. The summed E-state index contributed by atoms with van der Waals surface area (Å²) in [5.41, 5.74) is 3.32. The molecule has 1 heterocycles. The fourth-order valence-electron chi connectivity index (χ4n) is 2.57. The number of carbonyl (C=O) groups excluding carboxylic acids is 1. The topological polar surface area (TPSA) is 42.0 Å². The van der Waals surface area contributed by atoms with Gasteiger partial charge in [-0.05, 0) is 37.0 Å². The van der Waals surface area contributed by atoms with Gasteiger partial charge in [-0.3, -0.25) is 9.78 Å². The molecule has 0 fully saturated rings. The highest BCUT2D eigenvalue weighted by Gasteiger charge is 2.13. The van der Waals surface area contributed by atoms with E-state index in [1.54, 1.807) is 6.20 Å². The number of rotatable bonds is 7. The largest absolute Gasteiger partial charge is 0.349 e. The van der Waals surface area contributed by atoms with E-state index in [0.29, 0.717) is 12.8 Å². The Morgan fingerprint density at radius 1 is 1.18 bits per heavy atom. The van der Waals surface area contributed by atoms with Crippen LogP contribution in [0.1, 0.15) is 49.0 Å². The predicted octanol–water partition coefficient (Wildman–Crippen LogP) is 3.98. The molecule has 3 nitrogen and oxygen atoms in total. The van der Waals surface area contributed by atoms with Gasteiger partial charge >= 0.3 is 0 Å². The highest BCUT2D eigenvalue weighted by molar-refractivity contribution is 5.76. The van der Waals surface area contributed by atoms with Crippen molar-refractivity contribution in [3.63, 3.8) is 0 Å². The van der Waals surface area contributed by atoms with Crippen molar-refractivity contribution in [3.05, 3.63) is 65.5 Å². The van der Waals surface area contributed by atoms with Crippen molar-refractivity contribution in [2.45, 2.75) is 45.6 Å². The molecule has 116 valence electrons. The SMILES string of the molecule is CCCC(NC(=O)CCc1ncccc1C)c1ccccc1. The molecule has 0 radical (unpaired) electrons. The third-order valence-corrected chi connectivity index (χ3v) is 3.82. The molecule has 3 heteroatoms. The van der Waals surface area contributed by atoms with Gasteiger partial charge in [0.1, 0.15) is 0 Å². The van der Waals surface area contributed by atoms with Crippen LogP contribution in [0.15, 0.2) is 48.7 Å². The van der Waals surface area contributed by atoms with Crippen molar-refractivity contribution in [2.24, 2.45) is 0 Å². The van der Waals surface area contributed by atoms with E-state index in [2.05, 4.69) is 29.4 Å². The first-order chi connectivity index (χ1) is 10.7. The van der Waals surface area contributed by atoms with E-state index < -0.39 is 0 Å². The van der Waals surface area contributed by atoms with Crippen LogP contribution in [-0.4, -0.2) is 10.9 Å². The van der Waals surface area contributed by atoms with Crippen LogP contribution in [0.4, 0.5) is 0 Å². The maximum Gasteiger partial charge on any atom is 0.220 e. The van der Waals surface area contributed by atoms with Crippen LogP contribution in [0.2, 0.25) is 0 Å². The van der Waals surface area contributed by atoms with Crippen LogP contribution < -0.4 is 5.32 Å². The van der Waals surface area contributed by atoms with E-state index >= 15 is 0 Å². The second-order valence-electron chi connectivity index (χ2n) is 5.59. The second kappa shape index (κ2) is 8.32.